The second-order valence-electron chi connectivity index (χ2n) is 8.65. The molecule has 1 amide bonds. The van der Waals surface area contributed by atoms with Crippen molar-refractivity contribution in [2.45, 2.75) is 26.7 Å². The number of piperazine rings is 1. The minimum atomic E-state index is -0.0719. The summed E-state index contributed by atoms with van der Waals surface area (Å²) in [6.07, 6.45) is 0.366. The number of anilines is 1. The van der Waals surface area contributed by atoms with Gasteiger partial charge in [0, 0.05) is 44.4 Å². The van der Waals surface area contributed by atoms with E-state index in [1.807, 2.05) is 42.2 Å². The van der Waals surface area contributed by atoms with Gasteiger partial charge in [-0.2, -0.15) is 0 Å². The van der Waals surface area contributed by atoms with E-state index in [4.69, 9.17) is 14.5 Å². The van der Waals surface area contributed by atoms with E-state index in [1.54, 1.807) is 20.3 Å². The van der Waals surface area contributed by atoms with E-state index in [-0.39, 0.29) is 24.5 Å². The molecule has 1 aromatic heterocycles. The lowest BCUT2D eigenvalue weighted by atomic mass is 10.0. The van der Waals surface area contributed by atoms with Gasteiger partial charge in [0.05, 0.1) is 19.8 Å². The van der Waals surface area contributed by atoms with Crippen molar-refractivity contribution in [1.82, 2.24) is 9.88 Å². The number of benzene rings is 2. The highest BCUT2D eigenvalue weighted by molar-refractivity contribution is 6.00. The third-order valence-corrected chi connectivity index (χ3v) is 6.39. The van der Waals surface area contributed by atoms with Crippen molar-refractivity contribution in [3.8, 4) is 11.5 Å². The van der Waals surface area contributed by atoms with Crippen molar-refractivity contribution in [3.63, 3.8) is 0 Å². The van der Waals surface area contributed by atoms with Gasteiger partial charge < -0.3 is 19.3 Å². The average Bonchev–Trinajstić information content (AvgIpc) is 2.86. The van der Waals surface area contributed by atoms with Crippen LogP contribution in [0.5, 0.6) is 11.5 Å². The van der Waals surface area contributed by atoms with Crippen LogP contribution in [-0.2, 0) is 4.79 Å². The maximum absolute atomic E-state index is 12.8. The van der Waals surface area contributed by atoms with E-state index in [0.717, 1.165) is 33.6 Å². The summed E-state index contributed by atoms with van der Waals surface area (Å²) in [5.41, 5.74) is 3.51. The first-order valence-corrected chi connectivity index (χ1v) is 11.6. The van der Waals surface area contributed by atoms with Crippen molar-refractivity contribution in [2.24, 2.45) is 0 Å². The van der Waals surface area contributed by atoms with E-state index < -0.39 is 0 Å². The number of para-hydroxylation sites is 1. The number of carbonyl (C=O) groups is 2. The highest BCUT2D eigenvalue weighted by Crippen LogP contribution is 2.29. The first kappa shape index (κ1) is 23.5. The van der Waals surface area contributed by atoms with E-state index in [0.29, 0.717) is 37.5 Å². The average molecular weight is 462 g/mol. The van der Waals surface area contributed by atoms with Gasteiger partial charge in [0.1, 0.15) is 22.8 Å². The molecule has 0 N–H and O–H groups in total. The number of ketones is 1. The Labute approximate surface area is 200 Å². The third-order valence-electron chi connectivity index (χ3n) is 6.39. The number of fused-ring (bicyclic) bond motifs is 1. The molecular weight excluding hydrogens is 430 g/mol. The fraction of sp³-hybridized carbons (Fsp3) is 0.370. The van der Waals surface area contributed by atoms with Crippen molar-refractivity contribution < 1.29 is 19.1 Å². The Balaban J connectivity index is 1.37. The lowest BCUT2D eigenvalue weighted by Gasteiger charge is -2.35. The van der Waals surface area contributed by atoms with Crippen LogP contribution in [0.2, 0.25) is 0 Å². The van der Waals surface area contributed by atoms with Crippen LogP contribution in [0.3, 0.4) is 0 Å². The summed E-state index contributed by atoms with van der Waals surface area (Å²) in [6, 6.07) is 13.5. The number of nitrogens with zero attached hydrogens (tertiary/aromatic N) is 3. The highest BCUT2D eigenvalue weighted by Gasteiger charge is 2.24. The van der Waals surface area contributed by atoms with Gasteiger partial charge in [-0.25, -0.2) is 4.98 Å². The Morgan fingerprint density at radius 3 is 2.35 bits per heavy atom. The van der Waals surface area contributed by atoms with Gasteiger partial charge in [0.25, 0.3) is 0 Å². The molecule has 3 aromatic rings. The molecule has 1 fully saturated rings. The molecule has 0 atom stereocenters. The number of hydrogen-bond donors (Lipinski definition) is 0. The van der Waals surface area contributed by atoms with E-state index >= 15 is 0 Å². The van der Waals surface area contributed by atoms with E-state index in [1.165, 1.54) is 0 Å². The molecule has 0 aliphatic carbocycles. The van der Waals surface area contributed by atoms with Crippen LogP contribution in [0.25, 0.3) is 10.9 Å². The standard InChI is InChI=1S/C27H31N3O4/c1-18-8-10-23(33-3)21(16-18)22(31)9-11-26(32)30-14-12-29(13-15-30)25-17-19(2)20-6-5-7-24(34-4)27(20)28-25/h5-8,10,16-17H,9,11-15H2,1-4H3. The summed E-state index contributed by atoms with van der Waals surface area (Å²) in [4.78, 5) is 34.4. The summed E-state index contributed by atoms with van der Waals surface area (Å²) >= 11 is 0. The van der Waals surface area contributed by atoms with Gasteiger partial charge >= 0.3 is 0 Å². The van der Waals surface area contributed by atoms with Crippen LogP contribution in [0.15, 0.2) is 42.5 Å². The van der Waals surface area contributed by atoms with Crippen LogP contribution in [0.1, 0.15) is 34.3 Å². The number of hydrogen-bond acceptors (Lipinski definition) is 6. The van der Waals surface area contributed by atoms with Gasteiger partial charge in [-0.05, 0) is 43.7 Å². The molecule has 2 aromatic carbocycles. The lowest BCUT2D eigenvalue weighted by molar-refractivity contribution is -0.131. The molecule has 7 heteroatoms. The van der Waals surface area contributed by atoms with E-state index in [2.05, 4.69) is 17.9 Å². The van der Waals surface area contributed by atoms with Crippen molar-refractivity contribution in [2.75, 3.05) is 45.3 Å². The monoisotopic (exact) mass is 461 g/mol. The predicted octanol–water partition coefficient (Wildman–Crippen LogP) is 4.18. The van der Waals surface area contributed by atoms with Crippen LogP contribution in [-0.4, -0.2) is 62.0 Å². The maximum Gasteiger partial charge on any atom is 0.223 e. The Kier molecular flexibility index (Phi) is 7.01. The molecule has 7 nitrogen and oxygen atoms in total. The van der Waals surface area contributed by atoms with Crippen LogP contribution >= 0.6 is 0 Å². The largest absolute Gasteiger partial charge is 0.496 e. The second-order valence-corrected chi connectivity index (χ2v) is 8.65. The fourth-order valence-corrected chi connectivity index (χ4v) is 4.44. The van der Waals surface area contributed by atoms with Gasteiger partial charge in [0.15, 0.2) is 5.78 Å². The zero-order valence-electron chi connectivity index (χ0n) is 20.3. The lowest BCUT2D eigenvalue weighted by Crippen LogP contribution is -2.49. The predicted molar refractivity (Wildman–Crippen MR) is 133 cm³/mol. The number of rotatable bonds is 7. The maximum atomic E-state index is 12.8. The molecule has 2 heterocycles. The Hall–Kier alpha value is -3.61. The summed E-state index contributed by atoms with van der Waals surface area (Å²) < 4.78 is 10.8. The zero-order valence-corrected chi connectivity index (χ0v) is 20.3. The normalized spacial score (nSPS) is 13.8. The first-order valence-electron chi connectivity index (χ1n) is 11.6. The van der Waals surface area contributed by atoms with Gasteiger partial charge in [-0.1, -0.05) is 23.8 Å². The molecule has 0 bridgehead atoms. The number of aromatic nitrogens is 1. The summed E-state index contributed by atoms with van der Waals surface area (Å²) in [5, 5.41) is 1.08. The molecule has 1 aliphatic heterocycles. The number of methoxy groups -OCH3 is 2. The molecular formula is C27H31N3O4. The first-order chi connectivity index (χ1) is 16.4. The Morgan fingerprint density at radius 2 is 1.65 bits per heavy atom. The highest BCUT2D eigenvalue weighted by atomic mass is 16.5. The minimum Gasteiger partial charge on any atom is -0.496 e. The van der Waals surface area contributed by atoms with E-state index in [9.17, 15) is 9.59 Å². The summed E-state index contributed by atoms with van der Waals surface area (Å²) in [7, 11) is 3.21. The number of ether oxygens (including phenoxy) is 2. The van der Waals surface area contributed by atoms with Crippen molar-refractivity contribution in [3.05, 3.63) is 59.2 Å². The smallest absolute Gasteiger partial charge is 0.223 e. The number of aryl methyl sites for hydroxylation is 2. The fourth-order valence-electron chi connectivity index (χ4n) is 4.44. The quantitative estimate of drug-likeness (QED) is 0.492. The minimum absolute atomic E-state index is 0.00365. The SMILES string of the molecule is COc1ccc(C)cc1C(=O)CCC(=O)N1CCN(c2cc(C)c3cccc(OC)c3n2)CC1. The molecule has 178 valence electrons. The summed E-state index contributed by atoms with van der Waals surface area (Å²) in [6.45, 7) is 6.60. The zero-order chi connectivity index (χ0) is 24.2. The Morgan fingerprint density at radius 1 is 0.912 bits per heavy atom. The van der Waals surface area contributed by atoms with Crippen LogP contribution in [0.4, 0.5) is 5.82 Å². The number of pyridine rings is 1. The number of carbonyl (C=O) groups excluding carboxylic acids is 2. The van der Waals surface area contributed by atoms with Gasteiger partial charge in [0.2, 0.25) is 5.91 Å². The number of Topliss-reactive ketones (excluding diaryl/α,β-unsaturated/α-hetero) is 1. The molecule has 0 unspecified atom stereocenters. The van der Waals surface area contributed by atoms with Gasteiger partial charge in [-0.15, -0.1) is 0 Å². The third kappa shape index (κ3) is 4.83. The molecule has 0 spiro atoms. The van der Waals surface area contributed by atoms with Crippen molar-refractivity contribution >= 4 is 28.4 Å². The second kappa shape index (κ2) is 10.1. The van der Waals surface area contributed by atoms with Crippen molar-refractivity contribution in [1.29, 1.82) is 0 Å². The molecule has 1 saturated heterocycles. The molecule has 34 heavy (non-hydrogen) atoms. The van der Waals surface area contributed by atoms with Crippen LogP contribution < -0.4 is 14.4 Å². The summed E-state index contributed by atoms with van der Waals surface area (Å²) in [5.74, 6) is 2.13. The Bertz CT molecular complexity index is 1220. The molecule has 4 rings (SSSR count). The molecule has 0 saturated carbocycles. The topological polar surface area (TPSA) is 72.0 Å². The van der Waals surface area contributed by atoms with Crippen LogP contribution in [0, 0.1) is 13.8 Å². The van der Waals surface area contributed by atoms with Gasteiger partial charge in [-0.3, -0.25) is 9.59 Å². The molecule has 0 radical (unpaired) electrons. The number of amides is 1. The molecule has 1 aliphatic rings.